The fourth-order valence-corrected chi connectivity index (χ4v) is 1.85. The van der Waals surface area contributed by atoms with E-state index < -0.39 is 0 Å². The minimum absolute atomic E-state index is 0.349. The van der Waals surface area contributed by atoms with Crippen LogP contribution in [0.1, 0.15) is 67.7 Å². The van der Waals surface area contributed by atoms with E-state index in [1.165, 1.54) is 25.8 Å². The Morgan fingerprint density at radius 3 is 1.88 bits per heavy atom. The van der Waals surface area contributed by atoms with Crippen LogP contribution < -0.4 is 0 Å². The molecule has 0 aliphatic heterocycles. The molecular formula is C15H33N. The van der Waals surface area contributed by atoms with E-state index in [4.69, 9.17) is 0 Å². The Morgan fingerprint density at radius 2 is 1.50 bits per heavy atom. The Morgan fingerprint density at radius 1 is 1.00 bits per heavy atom. The second-order valence-corrected chi connectivity index (χ2v) is 6.88. The molecule has 0 saturated heterocycles. The Balaban J connectivity index is 4.21. The zero-order valence-corrected chi connectivity index (χ0v) is 12.9. The zero-order valence-electron chi connectivity index (χ0n) is 12.9. The maximum Gasteiger partial charge on any atom is 0.0150 e. The number of rotatable bonds is 7. The molecule has 0 N–H and O–H groups in total. The van der Waals surface area contributed by atoms with Crippen molar-refractivity contribution in [1.29, 1.82) is 0 Å². The van der Waals surface area contributed by atoms with Crippen molar-refractivity contribution in [2.24, 2.45) is 11.3 Å². The lowest BCUT2D eigenvalue weighted by Crippen LogP contribution is -2.42. The van der Waals surface area contributed by atoms with Crippen molar-refractivity contribution < 1.29 is 0 Å². The molecular weight excluding hydrogens is 194 g/mol. The molecule has 98 valence electrons. The van der Waals surface area contributed by atoms with Crippen LogP contribution in [0.3, 0.4) is 0 Å². The van der Waals surface area contributed by atoms with Gasteiger partial charge in [-0.1, -0.05) is 41.0 Å². The van der Waals surface area contributed by atoms with E-state index in [-0.39, 0.29) is 0 Å². The average molecular weight is 227 g/mol. The minimum Gasteiger partial charge on any atom is -0.301 e. The van der Waals surface area contributed by atoms with Crippen molar-refractivity contribution in [3.8, 4) is 0 Å². The van der Waals surface area contributed by atoms with Gasteiger partial charge in [0.2, 0.25) is 0 Å². The molecule has 1 heteroatoms. The van der Waals surface area contributed by atoms with Crippen LogP contribution in [0.2, 0.25) is 0 Å². The van der Waals surface area contributed by atoms with Gasteiger partial charge >= 0.3 is 0 Å². The zero-order chi connectivity index (χ0) is 13.0. The summed E-state index contributed by atoms with van der Waals surface area (Å²) in [7, 11) is 2.27. The highest BCUT2D eigenvalue weighted by Crippen LogP contribution is 2.31. The van der Waals surface area contributed by atoms with E-state index in [9.17, 15) is 0 Å². The molecule has 0 amide bonds. The van der Waals surface area contributed by atoms with Crippen LogP contribution in [0, 0.1) is 11.3 Å². The van der Waals surface area contributed by atoms with Crippen molar-refractivity contribution >= 4 is 0 Å². The molecule has 0 radical (unpaired) electrons. The Bertz CT molecular complexity index is 192. The van der Waals surface area contributed by atoms with Gasteiger partial charge in [-0.15, -0.1) is 0 Å². The van der Waals surface area contributed by atoms with Crippen LogP contribution in [-0.4, -0.2) is 24.0 Å². The Kier molecular flexibility index (Phi) is 6.03. The number of hydrogen-bond donors (Lipinski definition) is 0. The summed E-state index contributed by atoms with van der Waals surface area (Å²) >= 11 is 0. The van der Waals surface area contributed by atoms with Crippen molar-refractivity contribution in [2.45, 2.75) is 73.3 Å². The van der Waals surface area contributed by atoms with Crippen molar-refractivity contribution in [2.75, 3.05) is 13.6 Å². The summed E-state index contributed by atoms with van der Waals surface area (Å²) in [5, 5.41) is 0. The van der Waals surface area contributed by atoms with E-state index in [2.05, 4.69) is 60.4 Å². The third-order valence-corrected chi connectivity index (χ3v) is 4.55. The SMILES string of the molecule is CCCC(C)(C)N(C)CCC(C)(C)C(C)C. The van der Waals surface area contributed by atoms with E-state index in [1.54, 1.807) is 0 Å². The van der Waals surface area contributed by atoms with Gasteiger partial charge in [0, 0.05) is 5.54 Å². The quantitative estimate of drug-likeness (QED) is 0.616. The molecule has 0 atom stereocenters. The molecule has 1 nitrogen and oxygen atoms in total. The molecule has 0 aromatic carbocycles. The molecule has 0 aliphatic carbocycles. The van der Waals surface area contributed by atoms with Gasteiger partial charge in [0.1, 0.15) is 0 Å². The third kappa shape index (κ3) is 4.86. The lowest BCUT2D eigenvalue weighted by molar-refractivity contribution is 0.110. The minimum atomic E-state index is 0.349. The van der Waals surface area contributed by atoms with Gasteiger partial charge in [-0.25, -0.2) is 0 Å². The summed E-state index contributed by atoms with van der Waals surface area (Å²) in [5.41, 5.74) is 0.804. The van der Waals surface area contributed by atoms with Crippen LogP contribution >= 0.6 is 0 Å². The maximum atomic E-state index is 2.53. The average Bonchev–Trinajstić information content (AvgIpc) is 2.13. The van der Waals surface area contributed by atoms with Crippen LogP contribution in [-0.2, 0) is 0 Å². The van der Waals surface area contributed by atoms with Gasteiger partial charge in [-0.3, -0.25) is 0 Å². The molecule has 0 bridgehead atoms. The predicted octanol–water partition coefficient (Wildman–Crippen LogP) is 4.57. The molecule has 0 saturated carbocycles. The normalized spacial score (nSPS) is 13.9. The summed E-state index contributed by atoms with van der Waals surface area (Å²) in [5.74, 6) is 0.759. The highest BCUT2D eigenvalue weighted by Gasteiger charge is 2.26. The van der Waals surface area contributed by atoms with E-state index in [0.717, 1.165) is 5.92 Å². The third-order valence-electron chi connectivity index (χ3n) is 4.55. The molecule has 0 spiro atoms. The standard InChI is InChI=1S/C15H33N/c1-9-10-15(6,7)16(8)12-11-14(4,5)13(2)3/h13H,9-12H2,1-8H3. The Hall–Kier alpha value is -0.0400. The van der Waals surface area contributed by atoms with Crippen LogP contribution in [0.4, 0.5) is 0 Å². The summed E-state index contributed by atoms with van der Waals surface area (Å²) in [6, 6.07) is 0. The van der Waals surface area contributed by atoms with Crippen molar-refractivity contribution in [1.82, 2.24) is 4.90 Å². The van der Waals surface area contributed by atoms with Crippen molar-refractivity contribution in [3.63, 3.8) is 0 Å². The first-order valence-electron chi connectivity index (χ1n) is 6.84. The Labute approximate surface area is 104 Å². The summed E-state index contributed by atoms with van der Waals surface area (Å²) in [6.45, 7) is 17.6. The molecule has 0 aliphatic rings. The molecule has 0 aromatic rings. The second kappa shape index (κ2) is 6.05. The molecule has 0 unspecified atom stereocenters. The molecule has 16 heavy (non-hydrogen) atoms. The number of hydrogen-bond acceptors (Lipinski definition) is 1. The van der Waals surface area contributed by atoms with Gasteiger partial charge in [-0.05, 0) is 51.6 Å². The molecule has 0 rings (SSSR count). The van der Waals surface area contributed by atoms with Crippen LogP contribution in [0.5, 0.6) is 0 Å². The lowest BCUT2D eigenvalue weighted by Gasteiger charge is -2.39. The first-order valence-corrected chi connectivity index (χ1v) is 6.84. The number of nitrogens with zero attached hydrogens (tertiary/aromatic N) is 1. The van der Waals surface area contributed by atoms with E-state index >= 15 is 0 Å². The highest BCUT2D eigenvalue weighted by molar-refractivity contribution is 4.81. The van der Waals surface area contributed by atoms with Crippen LogP contribution in [0.25, 0.3) is 0 Å². The van der Waals surface area contributed by atoms with E-state index in [1.807, 2.05) is 0 Å². The first-order chi connectivity index (χ1) is 7.13. The van der Waals surface area contributed by atoms with Gasteiger partial charge in [0.25, 0.3) is 0 Å². The van der Waals surface area contributed by atoms with Gasteiger partial charge in [0.15, 0.2) is 0 Å². The summed E-state index contributed by atoms with van der Waals surface area (Å²) < 4.78 is 0. The summed E-state index contributed by atoms with van der Waals surface area (Å²) in [6.07, 6.45) is 3.84. The maximum absolute atomic E-state index is 2.53. The fraction of sp³-hybridized carbons (Fsp3) is 1.00. The van der Waals surface area contributed by atoms with Gasteiger partial charge in [-0.2, -0.15) is 0 Å². The molecule has 0 heterocycles. The summed E-state index contributed by atoms with van der Waals surface area (Å²) in [4.78, 5) is 2.53. The monoisotopic (exact) mass is 227 g/mol. The largest absolute Gasteiger partial charge is 0.301 e. The fourth-order valence-electron chi connectivity index (χ4n) is 1.85. The van der Waals surface area contributed by atoms with Crippen molar-refractivity contribution in [3.05, 3.63) is 0 Å². The van der Waals surface area contributed by atoms with Gasteiger partial charge < -0.3 is 4.90 Å². The second-order valence-electron chi connectivity index (χ2n) is 6.88. The van der Waals surface area contributed by atoms with E-state index in [0.29, 0.717) is 11.0 Å². The predicted molar refractivity (Wildman–Crippen MR) is 74.9 cm³/mol. The van der Waals surface area contributed by atoms with Crippen LogP contribution in [0.15, 0.2) is 0 Å². The first kappa shape index (κ1) is 16.0. The lowest BCUT2D eigenvalue weighted by atomic mass is 9.78. The topological polar surface area (TPSA) is 3.24 Å². The highest BCUT2D eigenvalue weighted by atomic mass is 15.2. The van der Waals surface area contributed by atoms with Gasteiger partial charge in [0.05, 0.1) is 0 Å². The smallest absolute Gasteiger partial charge is 0.0150 e. The molecule has 0 aromatic heterocycles. The molecule has 0 fully saturated rings.